The molecule has 0 aromatic heterocycles. The van der Waals surface area contributed by atoms with E-state index in [1.165, 1.54) is 7.11 Å². The lowest BCUT2D eigenvalue weighted by atomic mass is 9.94. The molecule has 0 bridgehead atoms. The summed E-state index contributed by atoms with van der Waals surface area (Å²) < 4.78 is 49.4. The van der Waals surface area contributed by atoms with Crippen molar-refractivity contribution in [2.45, 2.75) is 56.7 Å². The number of carbonyl (C=O) groups is 1. The van der Waals surface area contributed by atoms with Gasteiger partial charge in [0.15, 0.2) is 0 Å². The maximum absolute atomic E-state index is 15.2. The Morgan fingerprint density at radius 3 is 2.55 bits per heavy atom. The Labute approximate surface area is 247 Å². The molecule has 222 valence electrons. The highest BCUT2D eigenvalue weighted by molar-refractivity contribution is 7.85. The van der Waals surface area contributed by atoms with Crippen molar-refractivity contribution in [3.05, 3.63) is 76.6 Å². The summed E-state index contributed by atoms with van der Waals surface area (Å²) in [6.07, 6.45) is 3.70. The zero-order valence-corrected chi connectivity index (χ0v) is 24.5. The molecule has 2 aliphatic heterocycles. The molecule has 42 heavy (non-hydrogen) atoms. The molecule has 3 aromatic rings. The lowest BCUT2D eigenvalue weighted by Gasteiger charge is -2.31. The molecule has 1 N–H and O–H groups in total. The number of halogens is 1. The van der Waals surface area contributed by atoms with Crippen molar-refractivity contribution in [2.75, 3.05) is 31.8 Å². The molecular formula is C33H35FO7S. The van der Waals surface area contributed by atoms with Crippen molar-refractivity contribution in [2.24, 2.45) is 0 Å². The smallest absolute Gasteiger partial charge is 0.306 e. The van der Waals surface area contributed by atoms with Gasteiger partial charge in [-0.25, -0.2) is 4.39 Å². The Morgan fingerprint density at radius 1 is 1.02 bits per heavy atom. The van der Waals surface area contributed by atoms with Crippen LogP contribution in [-0.2, 0) is 39.8 Å². The van der Waals surface area contributed by atoms with E-state index in [9.17, 15) is 14.1 Å². The molecule has 1 fully saturated rings. The number of esters is 1. The second-order valence-electron chi connectivity index (χ2n) is 11.4. The monoisotopic (exact) mass is 594 g/mol. The third-order valence-electron chi connectivity index (χ3n) is 8.53. The molecule has 3 aliphatic rings. The van der Waals surface area contributed by atoms with Crippen LogP contribution in [0.3, 0.4) is 0 Å². The van der Waals surface area contributed by atoms with Gasteiger partial charge in [0, 0.05) is 45.4 Å². The van der Waals surface area contributed by atoms with Crippen molar-refractivity contribution in [1.82, 2.24) is 0 Å². The fraction of sp³-hybridized carbons (Fsp3) is 0.424. The Bertz CT molecular complexity index is 1510. The minimum atomic E-state index is -0.949. The van der Waals surface area contributed by atoms with E-state index in [0.717, 1.165) is 47.1 Å². The van der Waals surface area contributed by atoms with Crippen LogP contribution in [0.15, 0.2) is 48.5 Å². The van der Waals surface area contributed by atoms with Gasteiger partial charge < -0.3 is 24.1 Å². The molecule has 1 saturated heterocycles. The van der Waals surface area contributed by atoms with Gasteiger partial charge in [0.1, 0.15) is 41.9 Å². The van der Waals surface area contributed by atoms with Gasteiger partial charge in [0.05, 0.1) is 20.1 Å². The first kappa shape index (κ1) is 28.7. The minimum absolute atomic E-state index is 0.0570. The highest BCUT2D eigenvalue weighted by atomic mass is 32.2. The van der Waals surface area contributed by atoms with Gasteiger partial charge in [-0.1, -0.05) is 12.1 Å². The predicted molar refractivity (Wildman–Crippen MR) is 157 cm³/mol. The zero-order valence-electron chi connectivity index (χ0n) is 23.7. The summed E-state index contributed by atoms with van der Waals surface area (Å²) in [5.74, 6) is 2.29. The third-order valence-corrected chi connectivity index (χ3v) is 9.85. The zero-order chi connectivity index (χ0) is 29.3. The number of methoxy groups -OCH3 is 1. The summed E-state index contributed by atoms with van der Waals surface area (Å²) in [7, 11) is 0.523. The first-order valence-corrected chi connectivity index (χ1v) is 15.9. The van der Waals surface area contributed by atoms with Crippen LogP contribution >= 0.6 is 0 Å². The molecule has 2 heterocycles. The number of hydrogen-bond donors (Lipinski definition) is 1. The fourth-order valence-electron chi connectivity index (χ4n) is 5.98. The molecule has 6 rings (SSSR count). The normalized spacial score (nSPS) is 22.6. The Kier molecular flexibility index (Phi) is 8.23. The van der Waals surface area contributed by atoms with Crippen LogP contribution in [0, 0.1) is 5.82 Å². The van der Waals surface area contributed by atoms with E-state index in [4.69, 9.17) is 18.9 Å². The van der Waals surface area contributed by atoms with Gasteiger partial charge in [-0.2, -0.15) is 0 Å². The number of rotatable bonds is 8. The van der Waals surface area contributed by atoms with E-state index in [-0.39, 0.29) is 37.3 Å². The van der Waals surface area contributed by atoms with Crippen LogP contribution < -0.4 is 14.2 Å². The van der Waals surface area contributed by atoms with Crippen molar-refractivity contribution < 1.29 is 37.4 Å². The summed E-state index contributed by atoms with van der Waals surface area (Å²) >= 11 is 0. The van der Waals surface area contributed by atoms with Crippen LogP contribution in [0.1, 0.15) is 53.9 Å². The molecule has 0 saturated carbocycles. The van der Waals surface area contributed by atoms with Crippen LogP contribution in [0.25, 0.3) is 11.1 Å². The second kappa shape index (κ2) is 12.1. The van der Waals surface area contributed by atoms with E-state index in [0.29, 0.717) is 53.8 Å². The van der Waals surface area contributed by atoms with E-state index in [2.05, 4.69) is 0 Å². The molecule has 3 aromatic carbocycles. The molecular weight excluding hydrogens is 559 g/mol. The number of benzene rings is 3. The van der Waals surface area contributed by atoms with Crippen molar-refractivity contribution >= 4 is 16.8 Å². The van der Waals surface area contributed by atoms with E-state index in [1.807, 2.05) is 36.4 Å². The average Bonchev–Trinajstić information content (AvgIpc) is 3.30. The largest absolute Gasteiger partial charge is 0.492 e. The second-order valence-corrected chi connectivity index (χ2v) is 13.1. The average molecular weight is 595 g/mol. The molecule has 0 amide bonds. The molecule has 1 unspecified atom stereocenters. The summed E-state index contributed by atoms with van der Waals surface area (Å²) in [6.45, 7) is 0.637. The van der Waals surface area contributed by atoms with Crippen molar-refractivity contribution in [3.63, 3.8) is 0 Å². The summed E-state index contributed by atoms with van der Waals surface area (Å²) in [4.78, 5) is 11.7. The number of carbonyl (C=O) groups excluding carboxylic acids is 1. The van der Waals surface area contributed by atoms with Crippen molar-refractivity contribution in [3.8, 4) is 28.4 Å². The lowest BCUT2D eigenvalue weighted by Crippen LogP contribution is -2.42. The Balaban J connectivity index is 1.16. The fourth-order valence-corrected chi connectivity index (χ4v) is 7.40. The quantitative estimate of drug-likeness (QED) is 0.356. The van der Waals surface area contributed by atoms with Gasteiger partial charge in [-0.05, 0) is 84.7 Å². The number of hydrogen-bond acceptors (Lipinski definition) is 7. The first-order chi connectivity index (χ1) is 20.3. The van der Waals surface area contributed by atoms with Gasteiger partial charge in [-0.3, -0.25) is 9.00 Å². The summed E-state index contributed by atoms with van der Waals surface area (Å²) in [6, 6.07) is 14.9. The van der Waals surface area contributed by atoms with Crippen molar-refractivity contribution in [1.29, 1.82) is 0 Å². The van der Waals surface area contributed by atoms with Gasteiger partial charge in [0.2, 0.25) is 0 Å². The van der Waals surface area contributed by atoms with E-state index >= 15 is 4.39 Å². The van der Waals surface area contributed by atoms with E-state index < -0.39 is 16.4 Å². The highest BCUT2D eigenvalue weighted by Gasteiger charge is 2.33. The topological polar surface area (TPSA) is 91.3 Å². The van der Waals surface area contributed by atoms with Crippen LogP contribution in [0.4, 0.5) is 4.39 Å². The lowest BCUT2D eigenvalue weighted by molar-refractivity contribution is -0.141. The first-order valence-electron chi connectivity index (χ1n) is 14.4. The maximum atomic E-state index is 15.2. The summed E-state index contributed by atoms with van der Waals surface area (Å²) in [5, 5.41) is 10.8. The Hall–Kier alpha value is -3.43. The molecule has 1 atom stereocenters. The van der Waals surface area contributed by atoms with E-state index in [1.54, 1.807) is 12.1 Å². The molecule has 1 aliphatic carbocycles. The van der Waals surface area contributed by atoms with Crippen LogP contribution in [0.5, 0.6) is 17.2 Å². The predicted octanol–water partition coefficient (Wildman–Crippen LogP) is 5.25. The molecule has 0 spiro atoms. The van der Waals surface area contributed by atoms with Gasteiger partial charge >= 0.3 is 5.97 Å². The standard InChI is InChI=1S/C33H35FO7S/c1-38-32(35)16-23-18-40-31-17-26(6-8-28(23)31)39-19-24-14-29-22(15-30(24)34)4-2-3-21-13-25(5-7-27(21)29)41-20-33(36)9-11-42(37)12-10-33/h5-8,13-15,17,23,36H,2-4,9-12,16,18-20H2,1H3. The van der Waals surface area contributed by atoms with Crippen LogP contribution in [0.2, 0.25) is 0 Å². The SMILES string of the molecule is COC(=O)CC1COc2cc(OCc3cc4c(cc3F)CCCc3cc(OCC5(O)CCS(=O)CC5)ccc3-4)ccc21. The number of aryl methyl sites for hydroxylation is 2. The number of ether oxygens (including phenoxy) is 4. The van der Waals surface area contributed by atoms with Crippen LogP contribution in [-0.4, -0.2) is 52.7 Å². The molecule has 0 radical (unpaired) electrons. The van der Waals surface area contributed by atoms with Gasteiger partial charge in [-0.15, -0.1) is 0 Å². The third kappa shape index (κ3) is 6.17. The minimum Gasteiger partial charge on any atom is -0.492 e. The highest BCUT2D eigenvalue weighted by Crippen LogP contribution is 2.39. The number of fused-ring (bicyclic) bond motifs is 4. The van der Waals surface area contributed by atoms with Gasteiger partial charge in [0.25, 0.3) is 0 Å². The maximum Gasteiger partial charge on any atom is 0.306 e. The Morgan fingerprint density at radius 2 is 1.76 bits per heavy atom. The number of aliphatic hydroxyl groups is 1. The molecule has 7 nitrogen and oxygen atoms in total. The summed E-state index contributed by atoms with van der Waals surface area (Å²) in [5.41, 5.74) is 4.58. The molecule has 9 heteroatoms.